The molecule has 0 aliphatic carbocycles. The van der Waals surface area contributed by atoms with Crippen molar-refractivity contribution in [2.24, 2.45) is 0 Å². The molecule has 7 heteroatoms. The molecule has 1 aromatic carbocycles. The van der Waals surface area contributed by atoms with Crippen LogP contribution in [0.1, 0.15) is 27.6 Å². The van der Waals surface area contributed by atoms with E-state index in [-0.39, 0.29) is 5.91 Å². The topological polar surface area (TPSA) is 74.5 Å². The van der Waals surface area contributed by atoms with E-state index in [0.717, 1.165) is 38.4 Å². The van der Waals surface area contributed by atoms with Crippen molar-refractivity contribution in [3.8, 4) is 0 Å². The number of carbonyl (C=O) groups is 1. The average molecular weight is 391 g/mol. The van der Waals surface area contributed by atoms with Crippen LogP contribution < -0.4 is 5.32 Å². The molecule has 0 bridgehead atoms. The summed E-state index contributed by atoms with van der Waals surface area (Å²) < 4.78 is 5.52. The zero-order chi connectivity index (χ0) is 19.9. The lowest BCUT2D eigenvalue weighted by molar-refractivity contribution is 0.0945. The molecule has 3 aromatic rings. The van der Waals surface area contributed by atoms with Crippen LogP contribution in [0.15, 0.2) is 65.4 Å². The van der Waals surface area contributed by atoms with E-state index in [1.54, 1.807) is 6.20 Å². The summed E-state index contributed by atoms with van der Waals surface area (Å²) in [6.07, 6.45) is 3.13. The standard InChI is InChI=1S/C22H25N5O2/c28-22(24-14-19-8-4-5-9-23-19)20-17-29-21(25-20)16-27-12-10-26(11-13-27)15-18-6-2-1-3-7-18/h1-9,17H,10-16H2,(H,24,28). The van der Waals surface area contributed by atoms with E-state index in [0.29, 0.717) is 24.7 Å². The van der Waals surface area contributed by atoms with E-state index in [9.17, 15) is 4.79 Å². The summed E-state index contributed by atoms with van der Waals surface area (Å²) in [4.78, 5) is 25.6. The maximum Gasteiger partial charge on any atom is 0.273 e. The number of rotatable bonds is 7. The third kappa shape index (κ3) is 5.49. The Hall–Kier alpha value is -3.03. The van der Waals surface area contributed by atoms with Crippen molar-refractivity contribution >= 4 is 5.91 Å². The van der Waals surface area contributed by atoms with Crippen molar-refractivity contribution in [2.75, 3.05) is 26.2 Å². The zero-order valence-corrected chi connectivity index (χ0v) is 16.3. The van der Waals surface area contributed by atoms with Gasteiger partial charge in [-0.15, -0.1) is 0 Å². The lowest BCUT2D eigenvalue weighted by Gasteiger charge is -2.34. The SMILES string of the molecule is O=C(NCc1ccccn1)c1coc(CN2CCN(Cc3ccccc3)CC2)n1. The molecule has 0 saturated carbocycles. The molecule has 4 rings (SSSR count). The number of hydrogen-bond acceptors (Lipinski definition) is 6. The van der Waals surface area contributed by atoms with Gasteiger partial charge < -0.3 is 9.73 Å². The Bertz CT molecular complexity index is 905. The molecule has 2 aromatic heterocycles. The normalized spacial score (nSPS) is 15.3. The molecule has 1 fully saturated rings. The van der Waals surface area contributed by atoms with E-state index >= 15 is 0 Å². The van der Waals surface area contributed by atoms with Gasteiger partial charge >= 0.3 is 0 Å². The Kier molecular flexibility index (Phi) is 6.29. The van der Waals surface area contributed by atoms with Gasteiger partial charge in [-0.3, -0.25) is 19.6 Å². The lowest BCUT2D eigenvalue weighted by Crippen LogP contribution is -2.45. The third-order valence-corrected chi connectivity index (χ3v) is 5.01. The summed E-state index contributed by atoms with van der Waals surface area (Å²) in [5, 5.41) is 2.82. The molecular weight excluding hydrogens is 366 g/mol. The fourth-order valence-electron chi connectivity index (χ4n) is 3.39. The number of piperazine rings is 1. The van der Waals surface area contributed by atoms with Gasteiger partial charge in [-0.05, 0) is 17.7 Å². The Balaban J connectivity index is 1.23. The van der Waals surface area contributed by atoms with Crippen LogP contribution in [0.2, 0.25) is 0 Å². The van der Waals surface area contributed by atoms with E-state index in [1.165, 1.54) is 11.8 Å². The van der Waals surface area contributed by atoms with Crippen LogP contribution in [0.25, 0.3) is 0 Å². The molecule has 1 saturated heterocycles. The van der Waals surface area contributed by atoms with Gasteiger partial charge in [0.15, 0.2) is 5.69 Å². The molecule has 0 atom stereocenters. The summed E-state index contributed by atoms with van der Waals surface area (Å²) in [5.41, 5.74) is 2.45. The molecule has 0 unspecified atom stereocenters. The van der Waals surface area contributed by atoms with Crippen LogP contribution in [0, 0.1) is 0 Å². The molecule has 29 heavy (non-hydrogen) atoms. The number of nitrogens with zero attached hydrogens (tertiary/aromatic N) is 4. The van der Waals surface area contributed by atoms with Gasteiger partial charge in [-0.2, -0.15) is 0 Å². The van der Waals surface area contributed by atoms with E-state index in [2.05, 4.69) is 49.4 Å². The van der Waals surface area contributed by atoms with Crippen LogP contribution in [0.3, 0.4) is 0 Å². The molecular formula is C22H25N5O2. The maximum absolute atomic E-state index is 12.3. The number of amides is 1. The molecule has 1 amide bonds. The highest BCUT2D eigenvalue weighted by Gasteiger charge is 2.20. The number of nitrogens with one attached hydrogen (secondary N) is 1. The summed E-state index contributed by atoms with van der Waals surface area (Å²) >= 11 is 0. The summed E-state index contributed by atoms with van der Waals surface area (Å²) in [6.45, 7) is 5.89. The van der Waals surface area contributed by atoms with Gasteiger partial charge in [0.05, 0.1) is 18.8 Å². The fraction of sp³-hybridized carbons (Fsp3) is 0.318. The van der Waals surface area contributed by atoms with Gasteiger partial charge in [0.25, 0.3) is 5.91 Å². The van der Waals surface area contributed by atoms with Gasteiger partial charge in [0, 0.05) is 38.9 Å². The minimum atomic E-state index is -0.252. The number of carbonyl (C=O) groups excluding carboxylic acids is 1. The fourth-order valence-corrected chi connectivity index (χ4v) is 3.39. The highest BCUT2D eigenvalue weighted by molar-refractivity contribution is 5.91. The van der Waals surface area contributed by atoms with Crippen molar-refractivity contribution in [1.29, 1.82) is 0 Å². The highest BCUT2D eigenvalue weighted by Crippen LogP contribution is 2.12. The number of oxazole rings is 1. The first-order valence-electron chi connectivity index (χ1n) is 9.87. The molecule has 7 nitrogen and oxygen atoms in total. The van der Waals surface area contributed by atoms with E-state index in [4.69, 9.17) is 4.42 Å². The van der Waals surface area contributed by atoms with E-state index in [1.807, 2.05) is 24.3 Å². The molecule has 0 radical (unpaired) electrons. The Morgan fingerprint density at radius 3 is 2.41 bits per heavy atom. The van der Waals surface area contributed by atoms with Crippen LogP contribution in [0.4, 0.5) is 0 Å². The van der Waals surface area contributed by atoms with Gasteiger partial charge in [-0.1, -0.05) is 36.4 Å². The second kappa shape index (κ2) is 9.45. The Morgan fingerprint density at radius 2 is 1.69 bits per heavy atom. The van der Waals surface area contributed by atoms with Gasteiger partial charge in [-0.25, -0.2) is 4.98 Å². The predicted octanol–water partition coefficient (Wildman–Crippen LogP) is 2.32. The first-order valence-corrected chi connectivity index (χ1v) is 9.87. The summed E-state index contributed by atoms with van der Waals surface area (Å²) in [7, 11) is 0. The van der Waals surface area contributed by atoms with E-state index < -0.39 is 0 Å². The van der Waals surface area contributed by atoms with Crippen molar-refractivity contribution < 1.29 is 9.21 Å². The third-order valence-electron chi connectivity index (χ3n) is 5.01. The van der Waals surface area contributed by atoms with Crippen molar-refractivity contribution in [3.63, 3.8) is 0 Å². The first kappa shape index (κ1) is 19.3. The molecule has 0 spiro atoms. The molecule has 1 aliphatic heterocycles. The Labute approximate surface area is 170 Å². The monoisotopic (exact) mass is 391 g/mol. The Morgan fingerprint density at radius 1 is 0.966 bits per heavy atom. The van der Waals surface area contributed by atoms with Crippen LogP contribution in [-0.2, 0) is 19.6 Å². The van der Waals surface area contributed by atoms with Gasteiger partial charge in [0.1, 0.15) is 6.26 Å². The minimum Gasteiger partial charge on any atom is -0.447 e. The molecule has 150 valence electrons. The summed E-state index contributed by atoms with van der Waals surface area (Å²) in [6, 6.07) is 16.1. The zero-order valence-electron chi connectivity index (χ0n) is 16.3. The number of aromatic nitrogens is 2. The van der Waals surface area contributed by atoms with Crippen molar-refractivity contribution in [3.05, 3.63) is 83.8 Å². The molecule has 3 heterocycles. The van der Waals surface area contributed by atoms with Crippen molar-refractivity contribution in [2.45, 2.75) is 19.6 Å². The van der Waals surface area contributed by atoms with Crippen LogP contribution in [-0.4, -0.2) is 51.9 Å². The minimum absolute atomic E-state index is 0.252. The quantitative estimate of drug-likeness (QED) is 0.666. The number of pyridine rings is 1. The second-order valence-corrected chi connectivity index (χ2v) is 7.17. The van der Waals surface area contributed by atoms with Crippen molar-refractivity contribution in [1.82, 2.24) is 25.1 Å². The largest absolute Gasteiger partial charge is 0.447 e. The van der Waals surface area contributed by atoms with Crippen LogP contribution in [0.5, 0.6) is 0 Å². The highest BCUT2D eigenvalue weighted by atomic mass is 16.3. The van der Waals surface area contributed by atoms with Gasteiger partial charge in [0.2, 0.25) is 5.89 Å². The van der Waals surface area contributed by atoms with Crippen LogP contribution >= 0.6 is 0 Å². The lowest BCUT2D eigenvalue weighted by atomic mass is 10.2. The second-order valence-electron chi connectivity index (χ2n) is 7.17. The molecule has 1 N–H and O–H groups in total. The number of hydrogen-bond donors (Lipinski definition) is 1. The summed E-state index contributed by atoms with van der Waals surface area (Å²) in [5.74, 6) is 0.322. The smallest absolute Gasteiger partial charge is 0.273 e. The first-order chi connectivity index (χ1) is 14.3. The predicted molar refractivity (Wildman–Crippen MR) is 109 cm³/mol. The average Bonchev–Trinajstić information content (AvgIpc) is 3.23. The number of benzene rings is 1. The maximum atomic E-state index is 12.3. The molecule has 1 aliphatic rings.